The first-order valence-electron chi connectivity index (χ1n) is 4.81. The fourth-order valence-corrected chi connectivity index (χ4v) is 3.24. The van der Waals surface area contributed by atoms with E-state index in [1.54, 1.807) is 0 Å². The van der Waals surface area contributed by atoms with E-state index in [4.69, 9.17) is 11.6 Å². The molecule has 1 nitrogen and oxygen atoms in total. The minimum Gasteiger partial charge on any atom is -0.335 e. The summed E-state index contributed by atoms with van der Waals surface area (Å²) in [4.78, 5) is 2.67. The molecule has 3 heteroatoms. The molecule has 0 radical (unpaired) electrons. The molecule has 0 fully saturated rings. The van der Waals surface area contributed by atoms with Crippen molar-refractivity contribution in [2.45, 2.75) is 6.92 Å². The molecule has 1 aromatic carbocycles. The summed E-state index contributed by atoms with van der Waals surface area (Å²) in [5, 5.41) is 3.38. The Kier molecular flexibility index (Phi) is 1.85. The highest BCUT2D eigenvalue weighted by molar-refractivity contribution is 7.18. The van der Waals surface area contributed by atoms with Gasteiger partial charge in [-0.15, -0.1) is 11.3 Å². The van der Waals surface area contributed by atoms with E-state index in [-0.39, 0.29) is 0 Å². The number of halogens is 1. The van der Waals surface area contributed by atoms with Crippen LogP contribution in [-0.4, -0.2) is 4.57 Å². The molecule has 3 rings (SSSR count). The largest absolute Gasteiger partial charge is 0.335 e. The van der Waals surface area contributed by atoms with Crippen LogP contribution in [0.3, 0.4) is 0 Å². The van der Waals surface area contributed by atoms with Gasteiger partial charge in [-0.1, -0.05) is 11.6 Å². The lowest BCUT2D eigenvalue weighted by atomic mass is 10.2. The first-order valence-corrected chi connectivity index (χ1v) is 6.00. The van der Waals surface area contributed by atoms with Crippen LogP contribution in [0.4, 0.5) is 0 Å². The fraction of sp³-hybridized carbons (Fsp3) is 0.167. The second-order valence-electron chi connectivity index (χ2n) is 3.80. The van der Waals surface area contributed by atoms with E-state index >= 15 is 0 Å². The van der Waals surface area contributed by atoms with Gasteiger partial charge in [0.15, 0.2) is 0 Å². The van der Waals surface area contributed by atoms with Gasteiger partial charge in [-0.25, -0.2) is 0 Å². The molecular formula is C12H10ClNS. The van der Waals surface area contributed by atoms with Crippen LogP contribution in [0.15, 0.2) is 24.3 Å². The second kappa shape index (κ2) is 3.00. The van der Waals surface area contributed by atoms with Gasteiger partial charge in [-0.2, -0.15) is 0 Å². The van der Waals surface area contributed by atoms with Gasteiger partial charge in [0.05, 0.1) is 0 Å². The van der Waals surface area contributed by atoms with Crippen molar-refractivity contribution < 1.29 is 0 Å². The van der Waals surface area contributed by atoms with E-state index in [1.165, 1.54) is 26.0 Å². The van der Waals surface area contributed by atoms with Crippen LogP contribution in [0.2, 0.25) is 5.02 Å². The summed E-state index contributed by atoms with van der Waals surface area (Å²) in [5.74, 6) is 0. The maximum atomic E-state index is 6.03. The molecule has 0 saturated carbocycles. The highest BCUT2D eigenvalue weighted by atomic mass is 35.5. The molecule has 0 bridgehead atoms. The van der Waals surface area contributed by atoms with Crippen LogP contribution < -0.4 is 0 Å². The van der Waals surface area contributed by atoms with Gasteiger partial charge in [0.25, 0.3) is 0 Å². The molecule has 0 aliphatic rings. The number of nitrogens with zero attached hydrogens (tertiary/aromatic N) is 1. The highest BCUT2D eigenvalue weighted by Gasteiger charge is 2.10. The quantitative estimate of drug-likeness (QED) is 0.546. The van der Waals surface area contributed by atoms with E-state index in [1.807, 2.05) is 23.5 Å². The van der Waals surface area contributed by atoms with Gasteiger partial charge in [0.1, 0.15) is 4.83 Å². The van der Waals surface area contributed by atoms with Crippen LogP contribution in [0.5, 0.6) is 0 Å². The van der Waals surface area contributed by atoms with Gasteiger partial charge in [-0.05, 0) is 31.2 Å². The molecule has 0 aliphatic heterocycles. The third-order valence-electron chi connectivity index (χ3n) is 2.75. The highest BCUT2D eigenvalue weighted by Crippen LogP contribution is 2.35. The fourth-order valence-electron chi connectivity index (χ4n) is 2.07. The third-order valence-corrected chi connectivity index (χ3v) is 4.11. The Hall–Kier alpha value is -0.990. The molecule has 3 aromatic rings. The molecule has 2 heterocycles. The molecule has 0 spiro atoms. The maximum Gasteiger partial charge on any atom is 0.103 e. The van der Waals surface area contributed by atoms with E-state index < -0.39 is 0 Å². The topological polar surface area (TPSA) is 4.93 Å². The number of rotatable bonds is 0. The number of hydrogen-bond donors (Lipinski definition) is 0. The zero-order chi connectivity index (χ0) is 10.6. The standard InChI is InChI=1S/C12H10ClNS/c1-7-5-10-9-6-8(13)3-4-11(9)14(2)12(10)15-7/h3-6H,1-2H3. The van der Waals surface area contributed by atoms with Crippen LogP contribution >= 0.6 is 22.9 Å². The average Bonchev–Trinajstić information content (AvgIpc) is 2.67. The van der Waals surface area contributed by atoms with Crippen LogP contribution in [-0.2, 0) is 7.05 Å². The maximum absolute atomic E-state index is 6.03. The van der Waals surface area contributed by atoms with Crippen LogP contribution in [0.25, 0.3) is 21.1 Å². The molecule has 0 aliphatic carbocycles. The lowest BCUT2D eigenvalue weighted by molar-refractivity contribution is 1.02. The summed E-state index contributed by atoms with van der Waals surface area (Å²) in [7, 11) is 2.11. The number of aromatic nitrogens is 1. The SMILES string of the molecule is Cc1cc2c3cc(Cl)ccc3n(C)c2s1. The Morgan fingerprint density at radius 3 is 2.80 bits per heavy atom. The number of hydrogen-bond acceptors (Lipinski definition) is 1. The van der Waals surface area contributed by atoms with Crippen molar-refractivity contribution in [3.8, 4) is 0 Å². The van der Waals surface area contributed by atoms with E-state index in [9.17, 15) is 0 Å². The summed E-state index contributed by atoms with van der Waals surface area (Å²) in [6, 6.07) is 8.31. The lowest BCUT2D eigenvalue weighted by Gasteiger charge is -1.96. The van der Waals surface area contributed by atoms with Gasteiger partial charge in [-0.3, -0.25) is 0 Å². The Morgan fingerprint density at radius 2 is 2.00 bits per heavy atom. The Morgan fingerprint density at radius 1 is 1.20 bits per heavy atom. The molecule has 0 unspecified atom stereocenters. The van der Waals surface area contributed by atoms with Gasteiger partial charge >= 0.3 is 0 Å². The van der Waals surface area contributed by atoms with E-state index in [0.29, 0.717) is 0 Å². The predicted octanol–water partition coefficient (Wildman–Crippen LogP) is 4.35. The Balaban J connectivity index is 2.60. The van der Waals surface area contributed by atoms with Gasteiger partial charge < -0.3 is 4.57 Å². The monoisotopic (exact) mass is 235 g/mol. The summed E-state index contributed by atoms with van der Waals surface area (Å²) in [6.07, 6.45) is 0. The first-order chi connectivity index (χ1) is 7.16. The van der Waals surface area contributed by atoms with Crippen molar-refractivity contribution in [2.75, 3.05) is 0 Å². The van der Waals surface area contributed by atoms with Gasteiger partial charge in [0.2, 0.25) is 0 Å². The van der Waals surface area contributed by atoms with Crippen molar-refractivity contribution >= 4 is 44.1 Å². The van der Waals surface area contributed by atoms with Crippen molar-refractivity contribution in [1.82, 2.24) is 4.57 Å². The number of aryl methyl sites for hydroxylation is 2. The summed E-state index contributed by atoms with van der Waals surface area (Å²) in [5.41, 5.74) is 1.25. The van der Waals surface area contributed by atoms with Crippen molar-refractivity contribution in [3.05, 3.63) is 34.2 Å². The minimum atomic E-state index is 0.804. The predicted molar refractivity (Wildman–Crippen MR) is 68.0 cm³/mol. The zero-order valence-corrected chi connectivity index (χ0v) is 10.1. The van der Waals surface area contributed by atoms with Gasteiger partial charge in [0, 0.05) is 33.2 Å². The lowest BCUT2D eigenvalue weighted by Crippen LogP contribution is -1.83. The van der Waals surface area contributed by atoms with Crippen molar-refractivity contribution in [2.24, 2.45) is 7.05 Å². The smallest absolute Gasteiger partial charge is 0.103 e. The molecule has 0 N–H and O–H groups in total. The molecule has 0 amide bonds. The molecule has 0 saturated heterocycles. The summed E-state index contributed by atoms with van der Waals surface area (Å²) >= 11 is 7.86. The Bertz CT molecular complexity index is 663. The minimum absolute atomic E-state index is 0.804. The summed E-state index contributed by atoms with van der Waals surface area (Å²) < 4.78 is 2.23. The normalized spacial score (nSPS) is 11.7. The molecule has 2 aromatic heterocycles. The van der Waals surface area contributed by atoms with E-state index in [2.05, 4.69) is 30.7 Å². The average molecular weight is 236 g/mol. The second-order valence-corrected chi connectivity index (χ2v) is 5.47. The molecule has 0 atom stereocenters. The Labute approximate surface area is 96.9 Å². The number of fused-ring (bicyclic) bond motifs is 3. The molecule has 76 valence electrons. The molecule has 15 heavy (non-hydrogen) atoms. The van der Waals surface area contributed by atoms with Crippen molar-refractivity contribution in [1.29, 1.82) is 0 Å². The van der Waals surface area contributed by atoms with Crippen LogP contribution in [0.1, 0.15) is 4.88 Å². The third kappa shape index (κ3) is 1.22. The first kappa shape index (κ1) is 9.25. The van der Waals surface area contributed by atoms with Crippen molar-refractivity contribution in [3.63, 3.8) is 0 Å². The van der Waals surface area contributed by atoms with E-state index in [0.717, 1.165) is 5.02 Å². The summed E-state index contributed by atoms with van der Waals surface area (Å²) in [6.45, 7) is 2.14. The van der Waals surface area contributed by atoms with Crippen LogP contribution in [0, 0.1) is 6.92 Å². The molecular weight excluding hydrogens is 226 g/mol. The zero-order valence-electron chi connectivity index (χ0n) is 8.54. The number of benzene rings is 1. The number of thiophene rings is 1.